The van der Waals surface area contributed by atoms with E-state index in [0.717, 1.165) is 11.1 Å². The van der Waals surface area contributed by atoms with Crippen LogP contribution in [-0.4, -0.2) is 17.9 Å². The van der Waals surface area contributed by atoms with Crippen molar-refractivity contribution >= 4 is 11.8 Å². The van der Waals surface area contributed by atoms with E-state index in [4.69, 9.17) is 5.73 Å². The largest absolute Gasteiger partial charge is 0.368 e. The Labute approximate surface area is 124 Å². The molecule has 4 heteroatoms. The standard InChI is InChI=1S/C17H18N2O2/c1-12-7-9-13(10-8-12)11-15(16(18)20)19-17(21)14-5-3-2-4-6-14/h2-10,15H,11H2,1H3,(H2,18,20)(H,19,21)/t15-/m1/s1. The van der Waals surface area contributed by atoms with E-state index in [0.29, 0.717) is 12.0 Å². The second-order valence-corrected chi connectivity index (χ2v) is 4.98. The van der Waals surface area contributed by atoms with E-state index in [1.165, 1.54) is 0 Å². The van der Waals surface area contributed by atoms with Gasteiger partial charge in [-0.3, -0.25) is 9.59 Å². The third kappa shape index (κ3) is 4.18. The number of nitrogens with two attached hydrogens (primary N) is 1. The smallest absolute Gasteiger partial charge is 0.251 e. The Bertz CT molecular complexity index is 621. The fourth-order valence-corrected chi connectivity index (χ4v) is 2.01. The molecule has 4 nitrogen and oxygen atoms in total. The van der Waals surface area contributed by atoms with Gasteiger partial charge in [0.05, 0.1) is 0 Å². The van der Waals surface area contributed by atoms with Crippen molar-refractivity contribution in [1.29, 1.82) is 0 Å². The minimum Gasteiger partial charge on any atom is -0.368 e. The fourth-order valence-electron chi connectivity index (χ4n) is 2.01. The van der Waals surface area contributed by atoms with Crippen LogP contribution in [0, 0.1) is 6.92 Å². The second-order valence-electron chi connectivity index (χ2n) is 4.98. The molecular weight excluding hydrogens is 264 g/mol. The molecular formula is C17H18N2O2. The first-order chi connectivity index (χ1) is 10.1. The summed E-state index contributed by atoms with van der Waals surface area (Å²) < 4.78 is 0. The molecule has 3 N–H and O–H groups in total. The van der Waals surface area contributed by atoms with E-state index in [1.54, 1.807) is 24.3 Å². The molecule has 21 heavy (non-hydrogen) atoms. The van der Waals surface area contributed by atoms with Crippen LogP contribution < -0.4 is 11.1 Å². The minimum absolute atomic E-state index is 0.300. The molecule has 0 unspecified atom stereocenters. The van der Waals surface area contributed by atoms with Crippen LogP contribution in [0.5, 0.6) is 0 Å². The number of primary amides is 1. The van der Waals surface area contributed by atoms with Crippen LogP contribution in [0.4, 0.5) is 0 Å². The van der Waals surface area contributed by atoms with Crippen LogP contribution in [0.15, 0.2) is 54.6 Å². The van der Waals surface area contributed by atoms with Crippen molar-refractivity contribution in [2.75, 3.05) is 0 Å². The molecule has 0 aliphatic carbocycles. The van der Waals surface area contributed by atoms with Gasteiger partial charge in [0, 0.05) is 12.0 Å². The van der Waals surface area contributed by atoms with Crippen molar-refractivity contribution in [3.63, 3.8) is 0 Å². The summed E-state index contributed by atoms with van der Waals surface area (Å²) in [6.45, 7) is 1.99. The highest BCUT2D eigenvalue weighted by Gasteiger charge is 2.19. The summed E-state index contributed by atoms with van der Waals surface area (Å²) in [6.07, 6.45) is 0.383. The Hall–Kier alpha value is -2.62. The van der Waals surface area contributed by atoms with Crippen molar-refractivity contribution in [2.24, 2.45) is 5.73 Å². The Morgan fingerprint density at radius 1 is 1.05 bits per heavy atom. The highest BCUT2D eigenvalue weighted by atomic mass is 16.2. The molecule has 0 bridgehead atoms. The van der Waals surface area contributed by atoms with Gasteiger partial charge in [0.2, 0.25) is 5.91 Å². The first-order valence-corrected chi connectivity index (χ1v) is 6.77. The minimum atomic E-state index is -0.722. The topological polar surface area (TPSA) is 72.2 Å². The molecule has 108 valence electrons. The van der Waals surface area contributed by atoms with Crippen LogP contribution >= 0.6 is 0 Å². The van der Waals surface area contributed by atoms with Gasteiger partial charge in [-0.15, -0.1) is 0 Å². The van der Waals surface area contributed by atoms with E-state index in [9.17, 15) is 9.59 Å². The van der Waals surface area contributed by atoms with Gasteiger partial charge in [0.1, 0.15) is 6.04 Å². The molecule has 0 spiro atoms. The maximum atomic E-state index is 12.1. The predicted octanol–water partition coefficient (Wildman–Crippen LogP) is 1.82. The zero-order valence-electron chi connectivity index (χ0n) is 11.9. The number of carbonyl (C=O) groups excluding carboxylic acids is 2. The third-order valence-electron chi connectivity index (χ3n) is 3.25. The van der Waals surface area contributed by atoms with Gasteiger partial charge in [-0.2, -0.15) is 0 Å². The van der Waals surface area contributed by atoms with E-state index in [-0.39, 0.29) is 5.91 Å². The fraction of sp³-hybridized carbons (Fsp3) is 0.176. The van der Waals surface area contributed by atoms with E-state index in [2.05, 4.69) is 5.32 Å². The van der Waals surface area contributed by atoms with Crippen LogP contribution in [0.2, 0.25) is 0 Å². The normalized spacial score (nSPS) is 11.7. The summed E-state index contributed by atoms with van der Waals surface area (Å²) in [5.74, 6) is -0.841. The average Bonchev–Trinajstić information content (AvgIpc) is 2.49. The highest BCUT2D eigenvalue weighted by Crippen LogP contribution is 2.07. The summed E-state index contributed by atoms with van der Waals surface area (Å²) >= 11 is 0. The SMILES string of the molecule is Cc1ccc(C[C@@H](NC(=O)c2ccccc2)C(N)=O)cc1. The molecule has 0 radical (unpaired) electrons. The van der Waals surface area contributed by atoms with Gasteiger partial charge < -0.3 is 11.1 Å². The zero-order valence-corrected chi connectivity index (χ0v) is 11.9. The lowest BCUT2D eigenvalue weighted by Gasteiger charge is -2.15. The summed E-state index contributed by atoms with van der Waals surface area (Å²) in [7, 11) is 0. The average molecular weight is 282 g/mol. The lowest BCUT2D eigenvalue weighted by atomic mass is 10.0. The quantitative estimate of drug-likeness (QED) is 0.878. The van der Waals surface area contributed by atoms with Crippen molar-refractivity contribution in [1.82, 2.24) is 5.32 Å². The number of hydrogen-bond acceptors (Lipinski definition) is 2. The van der Waals surface area contributed by atoms with Crippen molar-refractivity contribution in [3.05, 3.63) is 71.3 Å². The molecule has 0 saturated heterocycles. The van der Waals surface area contributed by atoms with Crippen molar-refractivity contribution < 1.29 is 9.59 Å². The third-order valence-corrected chi connectivity index (χ3v) is 3.25. The van der Waals surface area contributed by atoms with Gasteiger partial charge in [-0.05, 0) is 24.6 Å². The first-order valence-electron chi connectivity index (χ1n) is 6.77. The van der Waals surface area contributed by atoms with Gasteiger partial charge >= 0.3 is 0 Å². The number of aryl methyl sites for hydroxylation is 1. The molecule has 2 aromatic carbocycles. The molecule has 1 atom stereocenters. The maximum Gasteiger partial charge on any atom is 0.251 e. The second kappa shape index (κ2) is 6.70. The molecule has 0 aliphatic rings. The summed E-state index contributed by atoms with van der Waals surface area (Å²) in [5, 5.41) is 2.68. The Kier molecular flexibility index (Phi) is 4.72. The van der Waals surface area contributed by atoms with E-state index < -0.39 is 11.9 Å². The molecule has 0 aromatic heterocycles. The molecule has 0 saturated carbocycles. The van der Waals surface area contributed by atoms with Crippen molar-refractivity contribution in [2.45, 2.75) is 19.4 Å². The Morgan fingerprint density at radius 2 is 1.67 bits per heavy atom. The molecule has 0 aliphatic heterocycles. The van der Waals surface area contributed by atoms with Gasteiger partial charge in [-0.25, -0.2) is 0 Å². The van der Waals surface area contributed by atoms with Crippen LogP contribution in [0.1, 0.15) is 21.5 Å². The van der Waals surface area contributed by atoms with Crippen LogP contribution in [0.25, 0.3) is 0 Å². The molecule has 2 aromatic rings. The van der Waals surface area contributed by atoms with Gasteiger partial charge in [0.25, 0.3) is 5.91 Å². The maximum absolute atomic E-state index is 12.1. The Morgan fingerprint density at radius 3 is 2.24 bits per heavy atom. The van der Waals surface area contributed by atoms with Gasteiger partial charge in [-0.1, -0.05) is 48.0 Å². The summed E-state index contributed by atoms with van der Waals surface area (Å²) in [5.41, 5.74) is 7.99. The van der Waals surface area contributed by atoms with Crippen LogP contribution in [0.3, 0.4) is 0 Å². The number of hydrogen-bond donors (Lipinski definition) is 2. The molecule has 2 rings (SSSR count). The van der Waals surface area contributed by atoms with E-state index >= 15 is 0 Å². The molecule has 2 amide bonds. The number of rotatable bonds is 5. The predicted molar refractivity (Wildman–Crippen MR) is 81.8 cm³/mol. The first kappa shape index (κ1) is 14.8. The number of nitrogens with one attached hydrogen (secondary N) is 1. The number of benzene rings is 2. The van der Waals surface area contributed by atoms with Crippen molar-refractivity contribution in [3.8, 4) is 0 Å². The number of carbonyl (C=O) groups is 2. The lowest BCUT2D eigenvalue weighted by Crippen LogP contribution is -2.45. The lowest BCUT2D eigenvalue weighted by molar-refractivity contribution is -0.119. The van der Waals surface area contributed by atoms with E-state index in [1.807, 2.05) is 37.3 Å². The summed E-state index contributed by atoms with van der Waals surface area (Å²) in [4.78, 5) is 23.6. The molecule has 0 fully saturated rings. The van der Waals surface area contributed by atoms with Gasteiger partial charge in [0.15, 0.2) is 0 Å². The Balaban J connectivity index is 2.07. The van der Waals surface area contributed by atoms with Crippen LogP contribution in [-0.2, 0) is 11.2 Å². The monoisotopic (exact) mass is 282 g/mol. The highest BCUT2D eigenvalue weighted by molar-refractivity contribution is 5.97. The number of amides is 2. The summed E-state index contributed by atoms with van der Waals surface area (Å²) in [6, 6.07) is 15.8. The molecule has 0 heterocycles. The zero-order chi connectivity index (χ0) is 15.2.